The van der Waals surface area contributed by atoms with Crippen LogP contribution >= 0.6 is 0 Å². The number of carbonyl (C=O) groups is 1. The van der Waals surface area contributed by atoms with Crippen LogP contribution in [0.25, 0.3) is 0 Å². The average Bonchev–Trinajstić information content (AvgIpc) is 2.45. The number of carbonyl (C=O) groups excluding carboxylic acids is 1. The first-order chi connectivity index (χ1) is 9.89. The lowest BCUT2D eigenvalue weighted by atomic mass is 10.0. The van der Waals surface area contributed by atoms with Crippen LogP contribution in [-0.2, 0) is 10.0 Å². The molecule has 0 saturated heterocycles. The summed E-state index contributed by atoms with van der Waals surface area (Å²) in [6.45, 7) is 1.55. The molecule has 0 aliphatic carbocycles. The number of amides is 1. The van der Waals surface area contributed by atoms with Crippen LogP contribution in [0.2, 0.25) is 0 Å². The van der Waals surface area contributed by atoms with Crippen LogP contribution in [0.1, 0.15) is 21.5 Å². The Kier molecular flexibility index (Phi) is 6.37. The van der Waals surface area contributed by atoms with Gasteiger partial charge in [-0.1, -0.05) is 23.5 Å². The van der Waals surface area contributed by atoms with Crippen molar-refractivity contribution in [3.63, 3.8) is 0 Å². The Morgan fingerprint density at radius 1 is 1.38 bits per heavy atom. The zero-order valence-electron chi connectivity index (χ0n) is 11.9. The topological polar surface area (TPSA) is 95.5 Å². The molecule has 0 saturated carbocycles. The number of rotatable bonds is 5. The molecule has 0 atom stereocenters. The van der Waals surface area contributed by atoms with E-state index in [9.17, 15) is 13.2 Å². The SMILES string of the molecule is CNS(=O)(=O)CCNC(=O)c1cc(C)ccc1C#CCO. The van der Waals surface area contributed by atoms with Gasteiger partial charge >= 0.3 is 0 Å². The van der Waals surface area contributed by atoms with Gasteiger partial charge in [-0.3, -0.25) is 4.79 Å². The molecule has 3 N–H and O–H groups in total. The minimum Gasteiger partial charge on any atom is -0.384 e. The number of hydrogen-bond acceptors (Lipinski definition) is 4. The monoisotopic (exact) mass is 310 g/mol. The van der Waals surface area contributed by atoms with E-state index in [4.69, 9.17) is 5.11 Å². The van der Waals surface area contributed by atoms with Crippen molar-refractivity contribution in [3.8, 4) is 11.8 Å². The normalized spacial score (nSPS) is 10.6. The summed E-state index contributed by atoms with van der Waals surface area (Å²) in [5, 5.41) is 11.3. The van der Waals surface area contributed by atoms with Crippen LogP contribution in [0, 0.1) is 18.8 Å². The summed E-state index contributed by atoms with van der Waals surface area (Å²) in [5.74, 6) is 4.59. The molecule has 1 amide bonds. The zero-order valence-corrected chi connectivity index (χ0v) is 12.8. The standard InChI is InChI=1S/C14H18N2O4S/c1-11-5-6-12(4-3-8-17)13(10-11)14(18)16-7-9-21(19,20)15-2/h5-6,10,15,17H,7-9H2,1-2H3,(H,16,18). The van der Waals surface area contributed by atoms with Gasteiger partial charge in [-0.25, -0.2) is 13.1 Å². The first-order valence-corrected chi connectivity index (χ1v) is 7.94. The lowest BCUT2D eigenvalue weighted by molar-refractivity contribution is 0.0956. The van der Waals surface area contributed by atoms with Gasteiger partial charge in [0.15, 0.2) is 0 Å². The van der Waals surface area contributed by atoms with Gasteiger partial charge in [-0.2, -0.15) is 0 Å². The van der Waals surface area contributed by atoms with Crippen LogP contribution in [0.15, 0.2) is 18.2 Å². The van der Waals surface area contributed by atoms with Crippen LogP contribution < -0.4 is 10.0 Å². The minimum atomic E-state index is -3.36. The van der Waals surface area contributed by atoms with Gasteiger partial charge in [-0.15, -0.1) is 0 Å². The van der Waals surface area contributed by atoms with Crippen LogP contribution in [0.3, 0.4) is 0 Å². The van der Waals surface area contributed by atoms with Crippen LogP contribution in [-0.4, -0.2) is 45.4 Å². The highest BCUT2D eigenvalue weighted by Gasteiger charge is 2.12. The van der Waals surface area contributed by atoms with Gasteiger partial charge in [0.05, 0.1) is 11.3 Å². The quantitative estimate of drug-likeness (QED) is 0.646. The molecule has 0 bridgehead atoms. The number of nitrogens with one attached hydrogen (secondary N) is 2. The molecule has 0 radical (unpaired) electrons. The van der Waals surface area contributed by atoms with E-state index in [2.05, 4.69) is 21.9 Å². The molecule has 1 rings (SSSR count). The van der Waals surface area contributed by atoms with E-state index in [0.717, 1.165) is 5.56 Å². The highest BCUT2D eigenvalue weighted by Crippen LogP contribution is 2.10. The highest BCUT2D eigenvalue weighted by atomic mass is 32.2. The third-order valence-corrected chi connectivity index (χ3v) is 4.05. The molecule has 0 heterocycles. The Bertz CT molecular complexity index is 672. The van der Waals surface area contributed by atoms with Crippen molar-refractivity contribution in [2.24, 2.45) is 0 Å². The number of aliphatic hydroxyl groups excluding tert-OH is 1. The number of aliphatic hydroxyl groups is 1. The molecule has 1 aromatic rings. The maximum atomic E-state index is 12.1. The van der Waals surface area contributed by atoms with E-state index < -0.39 is 15.9 Å². The molecular formula is C14H18N2O4S. The molecule has 0 aromatic heterocycles. The minimum absolute atomic E-state index is 0.00279. The molecule has 1 aromatic carbocycles. The van der Waals surface area contributed by atoms with E-state index in [1.807, 2.05) is 13.0 Å². The largest absolute Gasteiger partial charge is 0.384 e. The molecular weight excluding hydrogens is 292 g/mol. The summed E-state index contributed by atoms with van der Waals surface area (Å²) in [6.07, 6.45) is 0. The molecule has 0 aliphatic heterocycles. The molecule has 6 nitrogen and oxygen atoms in total. The molecule has 114 valence electrons. The van der Waals surface area contributed by atoms with Gasteiger partial charge in [-0.05, 0) is 26.1 Å². The maximum Gasteiger partial charge on any atom is 0.252 e. The van der Waals surface area contributed by atoms with Crippen LogP contribution in [0.4, 0.5) is 0 Å². The second-order valence-electron chi connectivity index (χ2n) is 4.29. The molecule has 0 fully saturated rings. The number of benzene rings is 1. The third kappa shape index (κ3) is 5.55. The lowest BCUT2D eigenvalue weighted by Crippen LogP contribution is -2.33. The maximum absolute atomic E-state index is 12.1. The van der Waals surface area contributed by atoms with Crippen molar-refractivity contribution in [1.29, 1.82) is 0 Å². The van der Waals surface area contributed by atoms with Crippen molar-refractivity contribution < 1.29 is 18.3 Å². The highest BCUT2D eigenvalue weighted by molar-refractivity contribution is 7.89. The lowest BCUT2D eigenvalue weighted by Gasteiger charge is -2.08. The van der Waals surface area contributed by atoms with Crippen molar-refractivity contribution in [1.82, 2.24) is 10.0 Å². The average molecular weight is 310 g/mol. The molecule has 0 aliphatic rings. The summed E-state index contributed by atoms with van der Waals surface area (Å²) >= 11 is 0. The summed E-state index contributed by atoms with van der Waals surface area (Å²) in [6, 6.07) is 5.17. The third-order valence-electron chi connectivity index (χ3n) is 2.69. The first-order valence-electron chi connectivity index (χ1n) is 6.29. The Morgan fingerprint density at radius 3 is 2.71 bits per heavy atom. The zero-order chi connectivity index (χ0) is 15.9. The fourth-order valence-corrected chi connectivity index (χ4v) is 2.16. The van der Waals surface area contributed by atoms with Gasteiger partial charge in [0.1, 0.15) is 6.61 Å². The van der Waals surface area contributed by atoms with Crippen LogP contribution in [0.5, 0.6) is 0 Å². The fourth-order valence-electron chi connectivity index (χ4n) is 1.59. The number of aryl methyl sites for hydroxylation is 1. The van der Waals surface area contributed by atoms with E-state index in [-0.39, 0.29) is 18.9 Å². The predicted molar refractivity (Wildman–Crippen MR) is 80.3 cm³/mol. The van der Waals surface area contributed by atoms with Crippen molar-refractivity contribution >= 4 is 15.9 Å². The Labute approximate surface area is 124 Å². The predicted octanol–water partition coefficient (Wildman–Crippen LogP) is -0.382. The Hall–Kier alpha value is -1.88. The molecule has 7 heteroatoms. The number of hydrogen-bond donors (Lipinski definition) is 3. The van der Waals surface area contributed by atoms with E-state index in [1.165, 1.54) is 7.05 Å². The summed E-state index contributed by atoms with van der Waals surface area (Å²) in [4.78, 5) is 12.1. The van der Waals surface area contributed by atoms with E-state index >= 15 is 0 Å². The fraction of sp³-hybridized carbons (Fsp3) is 0.357. The van der Waals surface area contributed by atoms with Crippen molar-refractivity contribution in [2.45, 2.75) is 6.92 Å². The Balaban J connectivity index is 2.84. The summed E-state index contributed by atoms with van der Waals surface area (Å²) in [5.41, 5.74) is 1.74. The second-order valence-corrected chi connectivity index (χ2v) is 6.33. The molecule has 0 spiro atoms. The van der Waals surface area contributed by atoms with Gasteiger partial charge in [0, 0.05) is 12.1 Å². The first kappa shape index (κ1) is 17.2. The van der Waals surface area contributed by atoms with Gasteiger partial charge in [0.2, 0.25) is 10.0 Å². The number of sulfonamides is 1. The van der Waals surface area contributed by atoms with Gasteiger partial charge < -0.3 is 10.4 Å². The molecule has 0 unspecified atom stereocenters. The van der Waals surface area contributed by atoms with E-state index in [1.54, 1.807) is 12.1 Å². The molecule has 21 heavy (non-hydrogen) atoms. The van der Waals surface area contributed by atoms with Gasteiger partial charge in [0.25, 0.3) is 5.91 Å². The summed E-state index contributed by atoms with van der Waals surface area (Å²) < 4.78 is 24.7. The van der Waals surface area contributed by atoms with Crippen molar-refractivity contribution in [2.75, 3.05) is 26.0 Å². The van der Waals surface area contributed by atoms with Crippen molar-refractivity contribution in [3.05, 3.63) is 34.9 Å². The summed E-state index contributed by atoms with van der Waals surface area (Å²) in [7, 11) is -2.04. The Morgan fingerprint density at radius 2 is 2.10 bits per heavy atom. The van der Waals surface area contributed by atoms with E-state index in [0.29, 0.717) is 11.1 Å². The smallest absolute Gasteiger partial charge is 0.252 e. The second kappa shape index (κ2) is 7.78.